The zero-order valence-electron chi connectivity index (χ0n) is 12.0. The molecule has 1 aliphatic rings. The Labute approximate surface area is 122 Å². The van der Waals surface area contributed by atoms with E-state index in [9.17, 15) is 9.59 Å². The number of likely N-dealkylation sites (tertiary alicyclic amines) is 1. The number of rotatable bonds is 2. The molecule has 1 saturated heterocycles. The van der Waals surface area contributed by atoms with Gasteiger partial charge in [-0.15, -0.1) is 0 Å². The first-order valence-electron chi connectivity index (χ1n) is 7.08. The smallest absolute Gasteiger partial charge is 0.274 e. The molecule has 3 heterocycles. The maximum absolute atomic E-state index is 12.5. The number of imidazole rings is 1. The molecule has 0 bridgehead atoms. The summed E-state index contributed by atoms with van der Waals surface area (Å²) in [5.74, 6) is -0.470. The van der Waals surface area contributed by atoms with Gasteiger partial charge in [0.05, 0.1) is 0 Å². The summed E-state index contributed by atoms with van der Waals surface area (Å²) in [4.78, 5) is 29.7. The number of aryl methyl sites for hydroxylation is 1. The standard InChI is InChI=1S/C15H18N4O2/c1-10-2-5-19-9-12(17-13(19)8-10)15(21)18-6-3-11(4-7-18)14(16)20/h2,5,8-9,11H,3-4,6-7H2,1H3,(H2,16,20). The number of nitrogens with two attached hydrogens (primary N) is 1. The Morgan fingerprint density at radius 2 is 2.05 bits per heavy atom. The molecular weight excluding hydrogens is 268 g/mol. The van der Waals surface area contributed by atoms with E-state index in [4.69, 9.17) is 5.73 Å². The molecule has 2 amide bonds. The molecule has 6 heteroatoms. The van der Waals surface area contributed by atoms with Crippen molar-refractivity contribution in [1.29, 1.82) is 0 Å². The number of carbonyl (C=O) groups is 2. The highest BCUT2D eigenvalue weighted by atomic mass is 16.2. The van der Waals surface area contributed by atoms with E-state index in [1.807, 2.05) is 29.7 Å². The summed E-state index contributed by atoms with van der Waals surface area (Å²) in [6.07, 6.45) is 4.91. The fraction of sp³-hybridized carbons (Fsp3) is 0.400. The van der Waals surface area contributed by atoms with E-state index in [2.05, 4.69) is 4.98 Å². The van der Waals surface area contributed by atoms with E-state index in [1.54, 1.807) is 11.1 Å². The van der Waals surface area contributed by atoms with Crippen LogP contribution in [0.15, 0.2) is 24.5 Å². The van der Waals surface area contributed by atoms with E-state index in [-0.39, 0.29) is 17.7 Å². The van der Waals surface area contributed by atoms with Gasteiger partial charge in [-0.3, -0.25) is 9.59 Å². The molecule has 110 valence electrons. The largest absolute Gasteiger partial charge is 0.369 e. The molecule has 0 spiro atoms. The highest BCUT2D eigenvalue weighted by Gasteiger charge is 2.27. The Morgan fingerprint density at radius 1 is 1.33 bits per heavy atom. The summed E-state index contributed by atoms with van der Waals surface area (Å²) in [5.41, 5.74) is 7.62. The number of hydrogen-bond donors (Lipinski definition) is 1. The summed E-state index contributed by atoms with van der Waals surface area (Å²) < 4.78 is 1.84. The van der Waals surface area contributed by atoms with Crippen LogP contribution < -0.4 is 5.73 Å². The quantitative estimate of drug-likeness (QED) is 0.893. The van der Waals surface area contributed by atoms with E-state index in [1.165, 1.54) is 0 Å². The molecule has 0 atom stereocenters. The third-order valence-electron chi connectivity index (χ3n) is 4.02. The fourth-order valence-electron chi connectivity index (χ4n) is 2.72. The molecule has 2 aromatic heterocycles. The second-order valence-corrected chi connectivity index (χ2v) is 5.56. The van der Waals surface area contributed by atoms with Crippen LogP contribution in [0.1, 0.15) is 28.9 Å². The van der Waals surface area contributed by atoms with Crippen molar-refractivity contribution in [3.8, 4) is 0 Å². The van der Waals surface area contributed by atoms with Crippen LogP contribution in [0.3, 0.4) is 0 Å². The highest BCUT2D eigenvalue weighted by molar-refractivity contribution is 5.93. The predicted octanol–water partition coefficient (Wildman–Crippen LogP) is 0.980. The molecule has 1 aliphatic heterocycles. The lowest BCUT2D eigenvalue weighted by molar-refractivity contribution is -0.123. The third-order valence-corrected chi connectivity index (χ3v) is 4.02. The number of carbonyl (C=O) groups excluding carboxylic acids is 2. The van der Waals surface area contributed by atoms with Crippen molar-refractivity contribution in [1.82, 2.24) is 14.3 Å². The van der Waals surface area contributed by atoms with Gasteiger partial charge in [0.25, 0.3) is 5.91 Å². The SMILES string of the molecule is Cc1ccn2cc(C(=O)N3CCC(C(N)=O)CC3)nc2c1. The van der Waals surface area contributed by atoms with Gasteiger partial charge in [-0.1, -0.05) is 0 Å². The molecule has 3 rings (SSSR count). The van der Waals surface area contributed by atoms with Crippen LogP contribution in [0, 0.1) is 12.8 Å². The van der Waals surface area contributed by atoms with Gasteiger partial charge in [0.2, 0.25) is 5.91 Å². The number of amides is 2. The molecule has 6 nitrogen and oxygen atoms in total. The number of aromatic nitrogens is 2. The maximum atomic E-state index is 12.5. The van der Waals surface area contributed by atoms with Gasteiger partial charge in [-0.25, -0.2) is 4.98 Å². The van der Waals surface area contributed by atoms with Crippen LogP contribution in [0.4, 0.5) is 0 Å². The number of fused-ring (bicyclic) bond motifs is 1. The summed E-state index contributed by atoms with van der Waals surface area (Å²) in [7, 11) is 0. The summed E-state index contributed by atoms with van der Waals surface area (Å²) >= 11 is 0. The molecule has 21 heavy (non-hydrogen) atoms. The molecule has 0 unspecified atom stereocenters. The van der Waals surface area contributed by atoms with Crippen molar-refractivity contribution in [2.45, 2.75) is 19.8 Å². The Kier molecular flexibility index (Phi) is 3.37. The highest BCUT2D eigenvalue weighted by Crippen LogP contribution is 2.19. The van der Waals surface area contributed by atoms with Crippen molar-refractivity contribution in [2.75, 3.05) is 13.1 Å². The normalized spacial score (nSPS) is 16.3. The average Bonchev–Trinajstić information content (AvgIpc) is 2.89. The molecular formula is C15H18N4O2. The third kappa shape index (κ3) is 2.61. The van der Waals surface area contributed by atoms with Crippen molar-refractivity contribution in [2.24, 2.45) is 11.7 Å². The van der Waals surface area contributed by atoms with Gasteiger partial charge in [-0.05, 0) is 37.5 Å². The Morgan fingerprint density at radius 3 is 2.71 bits per heavy atom. The second kappa shape index (κ2) is 5.20. The van der Waals surface area contributed by atoms with Crippen LogP contribution in [0.25, 0.3) is 5.65 Å². The number of piperidine rings is 1. The number of primary amides is 1. The molecule has 2 aromatic rings. The molecule has 0 saturated carbocycles. The Hall–Kier alpha value is -2.37. The van der Waals surface area contributed by atoms with E-state index in [0.717, 1.165) is 11.2 Å². The summed E-state index contributed by atoms with van der Waals surface area (Å²) in [6.45, 7) is 3.10. The number of hydrogen-bond acceptors (Lipinski definition) is 3. The van der Waals surface area contributed by atoms with E-state index in [0.29, 0.717) is 31.6 Å². The van der Waals surface area contributed by atoms with Crippen molar-refractivity contribution >= 4 is 17.5 Å². The Balaban J connectivity index is 1.76. The Bertz CT molecular complexity index is 699. The van der Waals surface area contributed by atoms with Gasteiger partial charge in [-0.2, -0.15) is 0 Å². The van der Waals surface area contributed by atoms with Crippen molar-refractivity contribution in [3.05, 3.63) is 35.8 Å². The first-order chi connectivity index (χ1) is 10.0. The van der Waals surface area contributed by atoms with Crippen LogP contribution in [-0.4, -0.2) is 39.2 Å². The lowest BCUT2D eigenvalue weighted by Gasteiger charge is -2.29. The first kappa shape index (κ1) is 13.6. The van der Waals surface area contributed by atoms with Crippen LogP contribution in [0.5, 0.6) is 0 Å². The van der Waals surface area contributed by atoms with Crippen LogP contribution in [0.2, 0.25) is 0 Å². The molecule has 0 radical (unpaired) electrons. The molecule has 0 aromatic carbocycles. The lowest BCUT2D eigenvalue weighted by atomic mass is 9.96. The molecule has 0 aliphatic carbocycles. The predicted molar refractivity (Wildman–Crippen MR) is 77.8 cm³/mol. The average molecular weight is 286 g/mol. The van der Waals surface area contributed by atoms with Crippen molar-refractivity contribution in [3.63, 3.8) is 0 Å². The summed E-state index contributed by atoms with van der Waals surface area (Å²) in [6, 6.07) is 3.91. The second-order valence-electron chi connectivity index (χ2n) is 5.56. The van der Waals surface area contributed by atoms with Gasteiger partial charge in [0, 0.05) is 31.4 Å². The monoisotopic (exact) mass is 286 g/mol. The minimum absolute atomic E-state index is 0.0840. The maximum Gasteiger partial charge on any atom is 0.274 e. The summed E-state index contributed by atoms with van der Waals surface area (Å²) in [5, 5.41) is 0. The van der Waals surface area contributed by atoms with E-state index >= 15 is 0 Å². The number of pyridine rings is 1. The zero-order valence-corrected chi connectivity index (χ0v) is 12.0. The zero-order chi connectivity index (χ0) is 15.0. The van der Waals surface area contributed by atoms with Gasteiger partial charge >= 0.3 is 0 Å². The minimum Gasteiger partial charge on any atom is -0.369 e. The molecule has 1 fully saturated rings. The fourth-order valence-corrected chi connectivity index (χ4v) is 2.72. The number of nitrogens with zero attached hydrogens (tertiary/aromatic N) is 3. The van der Waals surface area contributed by atoms with Crippen molar-refractivity contribution < 1.29 is 9.59 Å². The van der Waals surface area contributed by atoms with Gasteiger partial charge < -0.3 is 15.0 Å². The topological polar surface area (TPSA) is 80.7 Å². The van der Waals surface area contributed by atoms with Gasteiger partial charge in [0.15, 0.2) is 0 Å². The molecule has 2 N–H and O–H groups in total. The first-order valence-corrected chi connectivity index (χ1v) is 7.08. The lowest BCUT2D eigenvalue weighted by Crippen LogP contribution is -2.41. The van der Waals surface area contributed by atoms with Crippen LogP contribution >= 0.6 is 0 Å². The van der Waals surface area contributed by atoms with Gasteiger partial charge in [0.1, 0.15) is 11.3 Å². The van der Waals surface area contributed by atoms with Crippen LogP contribution in [-0.2, 0) is 4.79 Å². The minimum atomic E-state index is -0.273. The van der Waals surface area contributed by atoms with E-state index < -0.39 is 0 Å².